The lowest BCUT2D eigenvalue weighted by atomic mass is 10.1. The van der Waals surface area contributed by atoms with Crippen LogP contribution >= 0.6 is 0 Å². The zero-order chi connectivity index (χ0) is 15.4. The molecule has 0 aromatic heterocycles. The highest BCUT2D eigenvalue weighted by atomic mass is 19.1. The fourth-order valence-corrected chi connectivity index (χ4v) is 1.96. The molecule has 0 spiro atoms. The molecule has 0 N–H and O–H groups in total. The van der Waals surface area contributed by atoms with E-state index in [-0.39, 0.29) is 12.2 Å². The standard InChI is InChI=1S/C16H14F2O3/c1-10-3-4-15(20-2)12(5-10)9-21-16-13(17)6-11(8-19)7-14(16)18/h3-8H,9H2,1-2H3. The Labute approximate surface area is 121 Å². The number of benzene rings is 2. The van der Waals surface area contributed by atoms with Gasteiger partial charge in [0.05, 0.1) is 7.11 Å². The molecule has 0 saturated carbocycles. The van der Waals surface area contributed by atoms with E-state index in [1.807, 2.05) is 19.1 Å². The SMILES string of the molecule is COc1ccc(C)cc1COc1c(F)cc(C=O)cc1F. The summed E-state index contributed by atoms with van der Waals surface area (Å²) in [6.07, 6.45) is 0.375. The molecule has 0 heterocycles. The van der Waals surface area contributed by atoms with Crippen LogP contribution in [0.5, 0.6) is 11.5 Å². The Hall–Kier alpha value is -2.43. The van der Waals surface area contributed by atoms with Crippen LogP contribution in [0.25, 0.3) is 0 Å². The Morgan fingerprint density at radius 1 is 1.14 bits per heavy atom. The van der Waals surface area contributed by atoms with Gasteiger partial charge in [0.15, 0.2) is 17.4 Å². The average Bonchev–Trinajstić information content (AvgIpc) is 2.46. The van der Waals surface area contributed by atoms with Crippen LogP contribution in [0, 0.1) is 18.6 Å². The van der Waals surface area contributed by atoms with Crippen LogP contribution < -0.4 is 9.47 Å². The maximum absolute atomic E-state index is 13.7. The van der Waals surface area contributed by atoms with Crippen LogP contribution in [0.15, 0.2) is 30.3 Å². The van der Waals surface area contributed by atoms with Gasteiger partial charge in [-0.2, -0.15) is 0 Å². The van der Waals surface area contributed by atoms with Crippen molar-refractivity contribution in [2.75, 3.05) is 7.11 Å². The minimum Gasteiger partial charge on any atom is -0.496 e. The number of halogens is 2. The van der Waals surface area contributed by atoms with Crippen molar-refractivity contribution in [1.29, 1.82) is 0 Å². The molecular weight excluding hydrogens is 278 g/mol. The summed E-state index contributed by atoms with van der Waals surface area (Å²) in [4.78, 5) is 10.5. The van der Waals surface area contributed by atoms with Gasteiger partial charge in [0.2, 0.25) is 0 Å². The van der Waals surface area contributed by atoms with Crippen molar-refractivity contribution in [3.63, 3.8) is 0 Å². The molecule has 0 aliphatic carbocycles. The molecular formula is C16H14F2O3. The first-order valence-corrected chi connectivity index (χ1v) is 6.25. The fourth-order valence-electron chi connectivity index (χ4n) is 1.96. The van der Waals surface area contributed by atoms with E-state index in [1.54, 1.807) is 6.07 Å². The van der Waals surface area contributed by atoms with Gasteiger partial charge < -0.3 is 9.47 Å². The highest BCUT2D eigenvalue weighted by Crippen LogP contribution is 2.26. The number of aryl methyl sites for hydroxylation is 1. The molecule has 110 valence electrons. The summed E-state index contributed by atoms with van der Waals surface area (Å²) >= 11 is 0. The predicted molar refractivity (Wildman–Crippen MR) is 73.8 cm³/mol. The lowest BCUT2D eigenvalue weighted by molar-refractivity contribution is 0.112. The molecule has 5 heteroatoms. The van der Waals surface area contributed by atoms with Crippen LogP contribution in [0.1, 0.15) is 21.5 Å². The first kappa shape index (κ1) is 15.0. The largest absolute Gasteiger partial charge is 0.496 e. The number of aldehydes is 1. The lowest BCUT2D eigenvalue weighted by Gasteiger charge is -2.12. The molecule has 0 radical (unpaired) electrons. The molecule has 2 rings (SSSR count). The van der Waals surface area contributed by atoms with Crippen LogP contribution in [-0.2, 0) is 6.61 Å². The summed E-state index contributed by atoms with van der Waals surface area (Å²) in [5, 5.41) is 0. The van der Waals surface area contributed by atoms with E-state index < -0.39 is 17.4 Å². The van der Waals surface area contributed by atoms with Gasteiger partial charge in [0.25, 0.3) is 0 Å². The van der Waals surface area contributed by atoms with Gasteiger partial charge in [-0.15, -0.1) is 0 Å². The van der Waals surface area contributed by atoms with E-state index >= 15 is 0 Å². The van der Waals surface area contributed by atoms with E-state index in [0.29, 0.717) is 17.6 Å². The minimum atomic E-state index is -0.913. The van der Waals surface area contributed by atoms with Gasteiger partial charge in [-0.25, -0.2) is 8.78 Å². The van der Waals surface area contributed by atoms with Crippen molar-refractivity contribution < 1.29 is 23.0 Å². The third kappa shape index (κ3) is 3.37. The van der Waals surface area contributed by atoms with Crippen LogP contribution in [0.4, 0.5) is 8.78 Å². The maximum Gasteiger partial charge on any atom is 0.191 e. The number of methoxy groups -OCH3 is 1. The van der Waals surface area contributed by atoms with Crippen molar-refractivity contribution in [2.45, 2.75) is 13.5 Å². The van der Waals surface area contributed by atoms with E-state index in [2.05, 4.69) is 0 Å². The molecule has 0 aliphatic rings. The van der Waals surface area contributed by atoms with Crippen molar-refractivity contribution >= 4 is 6.29 Å². The highest BCUT2D eigenvalue weighted by molar-refractivity contribution is 5.75. The summed E-state index contributed by atoms with van der Waals surface area (Å²) in [5.41, 5.74) is 1.58. The second-order valence-electron chi connectivity index (χ2n) is 4.54. The monoisotopic (exact) mass is 292 g/mol. The predicted octanol–water partition coefficient (Wildman–Crippen LogP) is 3.67. The zero-order valence-electron chi connectivity index (χ0n) is 11.7. The van der Waals surface area contributed by atoms with Crippen LogP contribution in [-0.4, -0.2) is 13.4 Å². The molecule has 0 amide bonds. The van der Waals surface area contributed by atoms with Crippen molar-refractivity contribution in [3.05, 3.63) is 58.7 Å². The van der Waals surface area contributed by atoms with E-state index in [9.17, 15) is 13.6 Å². The molecule has 3 nitrogen and oxygen atoms in total. The van der Waals surface area contributed by atoms with Gasteiger partial charge in [0, 0.05) is 11.1 Å². The van der Waals surface area contributed by atoms with E-state index in [4.69, 9.17) is 9.47 Å². The molecule has 0 saturated heterocycles. The van der Waals surface area contributed by atoms with E-state index in [0.717, 1.165) is 17.7 Å². The third-order valence-electron chi connectivity index (χ3n) is 2.96. The van der Waals surface area contributed by atoms with Gasteiger partial charge in [-0.3, -0.25) is 4.79 Å². The van der Waals surface area contributed by atoms with Crippen molar-refractivity contribution in [1.82, 2.24) is 0 Å². The van der Waals surface area contributed by atoms with Crippen LogP contribution in [0.2, 0.25) is 0 Å². The molecule has 0 atom stereocenters. The van der Waals surface area contributed by atoms with Gasteiger partial charge in [-0.05, 0) is 31.2 Å². The number of carbonyl (C=O) groups is 1. The molecule has 2 aromatic rings. The van der Waals surface area contributed by atoms with Gasteiger partial charge in [0.1, 0.15) is 18.6 Å². The second kappa shape index (κ2) is 6.35. The van der Waals surface area contributed by atoms with Gasteiger partial charge in [-0.1, -0.05) is 11.6 Å². The topological polar surface area (TPSA) is 35.5 Å². The highest BCUT2D eigenvalue weighted by Gasteiger charge is 2.14. The Balaban J connectivity index is 2.24. The average molecular weight is 292 g/mol. The van der Waals surface area contributed by atoms with E-state index in [1.165, 1.54) is 7.11 Å². The Bertz CT molecular complexity index is 646. The fraction of sp³-hybridized carbons (Fsp3) is 0.188. The number of carbonyl (C=O) groups excluding carboxylic acids is 1. The van der Waals surface area contributed by atoms with Crippen LogP contribution in [0.3, 0.4) is 0 Å². The Kier molecular flexibility index (Phi) is 4.52. The van der Waals surface area contributed by atoms with Gasteiger partial charge >= 0.3 is 0 Å². The molecule has 0 fully saturated rings. The summed E-state index contributed by atoms with van der Waals surface area (Å²) in [6.45, 7) is 1.85. The number of hydrogen-bond donors (Lipinski definition) is 0. The smallest absolute Gasteiger partial charge is 0.191 e. The molecule has 0 unspecified atom stereocenters. The first-order valence-electron chi connectivity index (χ1n) is 6.25. The molecule has 21 heavy (non-hydrogen) atoms. The lowest BCUT2D eigenvalue weighted by Crippen LogP contribution is -2.03. The Morgan fingerprint density at radius 3 is 2.38 bits per heavy atom. The summed E-state index contributed by atoms with van der Waals surface area (Å²) in [6, 6.07) is 7.30. The number of rotatable bonds is 5. The number of ether oxygens (including phenoxy) is 2. The Morgan fingerprint density at radius 2 is 1.81 bits per heavy atom. The first-order chi connectivity index (χ1) is 10.0. The quantitative estimate of drug-likeness (QED) is 0.789. The molecule has 0 aliphatic heterocycles. The normalized spacial score (nSPS) is 10.3. The third-order valence-corrected chi connectivity index (χ3v) is 2.96. The second-order valence-corrected chi connectivity index (χ2v) is 4.54. The van der Waals surface area contributed by atoms with Crippen molar-refractivity contribution in [2.24, 2.45) is 0 Å². The zero-order valence-corrected chi connectivity index (χ0v) is 11.7. The minimum absolute atomic E-state index is 0.0425. The molecule has 0 bridgehead atoms. The summed E-state index contributed by atoms with van der Waals surface area (Å²) < 4.78 is 37.8. The summed E-state index contributed by atoms with van der Waals surface area (Å²) in [7, 11) is 1.51. The molecule has 2 aromatic carbocycles. The summed E-state index contributed by atoms with van der Waals surface area (Å²) in [5.74, 6) is -1.76. The van der Waals surface area contributed by atoms with Crippen molar-refractivity contribution in [3.8, 4) is 11.5 Å². The number of hydrogen-bond acceptors (Lipinski definition) is 3. The maximum atomic E-state index is 13.7.